The van der Waals surface area contributed by atoms with E-state index in [0.29, 0.717) is 6.42 Å². The zero-order chi connectivity index (χ0) is 19.2. The van der Waals surface area contributed by atoms with Gasteiger partial charge in [0.2, 0.25) is 5.91 Å². The van der Waals surface area contributed by atoms with Crippen LogP contribution in [0.4, 0.5) is 0 Å². The van der Waals surface area contributed by atoms with E-state index in [0.717, 1.165) is 49.7 Å². The minimum Gasteiger partial charge on any atom is -0.497 e. The Morgan fingerprint density at radius 2 is 1.93 bits per heavy atom. The summed E-state index contributed by atoms with van der Waals surface area (Å²) in [6.45, 7) is 7.02. The summed E-state index contributed by atoms with van der Waals surface area (Å²) in [6.07, 6.45) is 4.28. The fourth-order valence-electron chi connectivity index (χ4n) is 3.16. The maximum atomic E-state index is 12.3. The Hall–Kier alpha value is -2.38. The van der Waals surface area contributed by atoms with Gasteiger partial charge in [0.1, 0.15) is 5.75 Å². The largest absolute Gasteiger partial charge is 0.497 e. The minimum atomic E-state index is -0.0722. The predicted octanol–water partition coefficient (Wildman–Crippen LogP) is 1.70. The average molecular weight is 371 g/mol. The highest BCUT2D eigenvalue weighted by molar-refractivity contribution is 5.76. The van der Waals surface area contributed by atoms with Crippen LogP contribution in [0.1, 0.15) is 24.9 Å². The molecule has 0 unspecified atom stereocenters. The summed E-state index contributed by atoms with van der Waals surface area (Å²) < 4.78 is 6.99. The van der Waals surface area contributed by atoms with E-state index in [2.05, 4.69) is 27.3 Å². The molecule has 1 saturated heterocycles. The van der Waals surface area contributed by atoms with Crippen molar-refractivity contribution < 1.29 is 9.53 Å². The summed E-state index contributed by atoms with van der Waals surface area (Å²) in [6, 6.07) is 7.64. The zero-order valence-corrected chi connectivity index (χ0v) is 16.4. The molecule has 146 valence electrons. The lowest BCUT2D eigenvalue weighted by Crippen LogP contribution is -2.45. The molecule has 1 aliphatic heterocycles. The molecular formula is C20H29N5O2. The molecule has 1 N–H and O–H groups in total. The lowest BCUT2D eigenvalue weighted by molar-refractivity contribution is -0.122. The molecule has 1 atom stereocenters. The first-order chi connectivity index (χ1) is 13.0. The lowest BCUT2D eigenvalue weighted by Gasteiger charge is -2.32. The zero-order valence-electron chi connectivity index (χ0n) is 16.4. The van der Waals surface area contributed by atoms with E-state index in [1.165, 1.54) is 0 Å². The second-order valence-electron chi connectivity index (χ2n) is 7.10. The summed E-state index contributed by atoms with van der Waals surface area (Å²) in [7, 11) is 3.78. The molecule has 7 nitrogen and oxygen atoms in total. The number of carbonyl (C=O) groups excluding carboxylic acids is 1. The quantitative estimate of drug-likeness (QED) is 0.803. The molecule has 0 saturated carbocycles. The van der Waals surface area contributed by atoms with Crippen LogP contribution in [0.15, 0.2) is 36.7 Å². The molecule has 0 radical (unpaired) electrons. The van der Waals surface area contributed by atoms with Crippen LogP contribution in [-0.2, 0) is 4.79 Å². The second kappa shape index (κ2) is 9.01. The van der Waals surface area contributed by atoms with Gasteiger partial charge in [0.15, 0.2) is 0 Å². The number of carbonyl (C=O) groups is 1. The van der Waals surface area contributed by atoms with Gasteiger partial charge in [-0.2, -0.15) is 5.10 Å². The number of rotatable bonds is 7. The number of hydrogen-bond acceptors (Lipinski definition) is 5. The molecule has 0 bridgehead atoms. The summed E-state index contributed by atoms with van der Waals surface area (Å²) in [4.78, 5) is 17.0. The first-order valence-electron chi connectivity index (χ1n) is 9.44. The number of nitrogens with zero attached hydrogens (tertiary/aromatic N) is 4. The molecule has 1 amide bonds. The predicted molar refractivity (Wildman–Crippen MR) is 105 cm³/mol. The van der Waals surface area contributed by atoms with Crippen molar-refractivity contribution in [3.63, 3.8) is 0 Å². The molecular weight excluding hydrogens is 342 g/mol. The van der Waals surface area contributed by atoms with Crippen molar-refractivity contribution in [2.75, 3.05) is 46.9 Å². The number of likely N-dealkylation sites (N-methyl/N-ethyl adjacent to an activating group) is 1. The summed E-state index contributed by atoms with van der Waals surface area (Å²) >= 11 is 0. The van der Waals surface area contributed by atoms with Crippen LogP contribution < -0.4 is 10.1 Å². The third kappa shape index (κ3) is 5.30. The van der Waals surface area contributed by atoms with E-state index >= 15 is 0 Å². The molecule has 2 aromatic rings. The number of piperazine rings is 1. The highest BCUT2D eigenvalue weighted by Gasteiger charge is 2.16. The Morgan fingerprint density at radius 3 is 2.59 bits per heavy atom. The summed E-state index contributed by atoms with van der Waals surface area (Å²) in [5.41, 5.74) is 1.94. The van der Waals surface area contributed by atoms with Crippen molar-refractivity contribution in [1.29, 1.82) is 0 Å². The maximum absolute atomic E-state index is 12.3. The highest BCUT2D eigenvalue weighted by Crippen LogP contribution is 2.17. The number of aromatic nitrogens is 2. The molecule has 27 heavy (non-hydrogen) atoms. The van der Waals surface area contributed by atoms with E-state index in [1.807, 2.05) is 42.1 Å². The normalized spacial score (nSPS) is 16.9. The first-order valence-corrected chi connectivity index (χ1v) is 9.44. The summed E-state index contributed by atoms with van der Waals surface area (Å²) in [5, 5.41) is 7.49. The van der Waals surface area contributed by atoms with Gasteiger partial charge in [-0.3, -0.25) is 4.79 Å². The Labute approximate surface area is 160 Å². The van der Waals surface area contributed by atoms with Gasteiger partial charge in [-0.25, -0.2) is 4.68 Å². The number of methoxy groups -OCH3 is 1. The standard InChI is InChI=1S/C20H29N5O2/c1-16(22-20(26)8-9-24-12-10-23(2)11-13-24)17-14-21-25(15-17)18-4-6-19(27-3)7-5-18/h4-7,14-16H,8-13H2,1-3H3,(H,22,26)/t16-/m0/s1. The lowest BCUT2D eigenvalue weighted by atomic mass is 10.2. The smallest absolute Gasteiger partial charge is 0.221 e. The van der Waals surface area contributed by atoms with E-state index < -0.39 is 0 Å². The van der Waals surface area contributed by atoms with Crippen LogP contribution in [-0.4, -0.2) is 72.4 Å². The molecule has 0 spiro atoms. The topological polar surface area (TPSA) is 62.6 Å². The molecule has 1 aromatic heterocycles. The molecule has 7 heteroatoms. The fraction of sp³-hybridized carbons (Fsp3) is 0.500. The van der Waals surface area contributed by atoms with Crippen LogP contribution in [0.2, 0.25) is 0 Å². The van der Waals surface area contributed by atoms with Crippen molar-refractivity contribution in [2.45, 2.75) is 19.4 Å². The van der Waals surface area contributed by atoms with Crippen LogP contribution in [0.5, 0.6) is 5.75 Å². The third-order valence-electron chi connectivity index (χ3n) is 5.07. The first kappa shape index (κ1) is 19.4. The van der Waals surface area contributed by atoms with Crippen molar-refractivity contribution in [3.8, 4) is 11.4 Å². The second-order valence-corrected chi connectivity index (χ2v) is 7.10. The highest BCUT2D eigenvalue weighted by atomic mass is 16.5. The van der Waals surface area contributed by atoms with E-state index in [1.54, 1.807) is 13.3 Å². The SMILES string of the molecule is COc1ccc(-n2cc([C@H](C)NC(=O)CCN3CCN(C)CC3)cn2)cc1. The van der Waals surface area contributed by atoms with Crippen LogP contribution in [0.25, 0.3) is 5.69 Å². The van der Waals surface area contributed by atoms with Gasteiger partial charge < -0.3 is 19.9 Å². The molecule has 1 aliphatic rings. The van der Waals surface area contributed by atoms with Gasteiger partial charge >= 0.3 is 0 Å². The Kier molecular flexibility index (Phi) is 6.47. The Morgan fingerprint density at radius 1 is 1.22 bits per heavy atom. The number of amides is 1. The number of benzene rings is 1. The maximum Gasteiger partial charge on any atom is 0.221 e. The van der Waals surface area contributed by atoms with Gasteiger partial charge in [-0.05, 0) is 38.2 Å². The van der Waals surface area contributed by atoms with Gasteiger partial charge in [0, 0.05) is 50.9 Å². The number of hydrogen-bond donors (Lipinski definition) is 1. The number of nitrogens with one attached hydrogen (secondary N) is 1. The van der Waals surface area contributed by atoms with Crippen molar-refractivity contribution >= 4 is 5.91 Å². The third-order valence-corrected chi connectivity index (χ3v) is 5.07. The van der Waals surface area contributed by atoms with E-state index in [4.69, 9.17) is 4.74 Å². The molecule has 1 aromatic carbocycles. The van der Waals surface area contributed by atoms with E-state index in [9.17, 15) is 4.79 Å². The van der Waals surface area contributed by atoms with Crippen molar-refractivity contribution in [2.24, 2.45) is 0 Å². The summed E-state index contributed by atoms with van der Waals surface area (Å²) in [5.74, 6) is 0.894. The Balaban J connectivity index is 1.49. The van der Waals surface area contributed by atoms with Gasteiger partial charge in [0.05, 0.1) is 25.0 Å². The van der Waals surface area contributed by atoms with Crippen LogP contribution in [0.3, 0.4) is 0 Å². The van der Waals surface area contributed by atoms with Crippen LogP contribution >= 0.6 is 0 Å². The van der Waals surface area contributed by atoms with Gasteiger partial charge in [-0.15, -0.1) is 0 Å². The molecule has 3 rings (SSSR count). The van der Waals surface area contributed by atoms with Crippen LogP contribution in [0, 0.1) is 0 Å². The molecule has 2 heterocycles. The van der Waals surface area contributed by atoms with Crippen molar-refractivity contribution in [1.82, 2.24) is 24.9 Å². The number of ether oxygens (including phenoxy) is 1. The minimum absolute atomic E-state index is 0.0722. The van der Waals surface area contributed by atoms with Crippen molar-refractivity contribution in [3.05, 3.63) is 42.2 Å². The van der Waals surface area contributed by atoms with Gasteiger partial charge in [-0.1, -0.05) is 0 Å². The monoisotopic (exact) mass is 371 g/mol. The molecule has 1 fully saturated rings. The molecule has 0 aliphatic carbocycles. The average Bonchev–Trinajstić information content (AvgIpc) is 3.18. The van der Waals surface area contributed by atoms with E-state index in [-0.39, 0.29) is 11.9 Å². The van der Waals surface area contributed by atoms with Gasteiger partial charge in [0.25, 0.3) is 0 Å². The fourth-order valence-corrected chi connectivity index (χ4v) is 3.16. The Bertz CT molecular complexity index is 735.